The number of hydrogen-bond acceptors (Lipinski definition) is 3. The van der Waals surface area contributed by atoms with Crippen molar-refractivity contribution in [2.45, 2.75) is 0 Å². The number of hydrogen-bond donors (Lipinski definition) is 1. The predicted octanol–water partition coefficient (Wildman–Crippen LogP) is 1.61. The van der Waals surface area contributed by atoms with Gasteiger partial charge < -0.3 is 9.15 Å². The van der Waals surface area contributed by atoms with Crippen molar-refractivity contribution in [2.24, 2.45) is 0 Å². The number of carbonyl (C=O) groups excluding carboxylic acids is 1. The Balaban J connectivity index is 2.27. The van der Waals surface area contributed by atoms with Gasteiger partial charge in [0, 0.05) is 6.20 Å². The van der Waals surface area contributed by atoms with Crippen LogP contribution in [0.25, 0.3) is 6.08 Å². The van der Waals surface area contributed by atoms with E-state index in [0.29, 0.717) is 5.76 Å². The second-order valence-corrected chi connectivity index (χ2v) is 2.27. The van der Waals surface area contributed by atoms with Crippen molar-refractivity contribution < 1.29 is 13.9 Å². The summed E-state index contributed by atoms with van der Waals surface area (Å²) in [4.78, 5) is 10.8. The Labute approximate surface area is 81.5 Å². The van der Waals surface area contributed by atoms with E-state index in [1.807, 2.05) is 0 Å². The fourth-order valence-electron chi connectivity index (χ4n) is 0.727. The van der Waals surface area contributed by atoms with E-state index in [9.17, 15) is 4.79 Å². The van der Waals surface area contributed by atoms with E-state index >= 15 is 0 Å². The number of terminal acetylenes is 1. The van der Waals surface area contributed by atoms with Crippen molar-refractivity contribution in [3.8, 4) is 12.3 Å². The van der Waals surface area contributed by atoms with Gasteiger partial charge in [0.15, 0.2) is 6.61 Å². The third-order valence-electron chi connectivity index (χ3n) is 1.28. The Kier molecular flexibility index (Phi) is 3.89. The monoisotopic (exact) mass is 191 g/mol. The van der Waals surface area contributed by atoms with E-state index in [4.69, 9.17) is 10.8 Å². The van der Waals surface area contributed by atoms with Crippen LogP contribution >= 0.6 is 0 Å². The fraction of sp³-hybridized carbons (Fsp3) is 0.100. The van der Waals surface area contributed by atoms with Crippen LogP contribution in [0.15, 0.2) is 29.0 Å². The molecule has 1 aromatic rings. The predicted molar refractivity (Wildman–Crippen MR) is 51.1 cm³/mol. The summed E-state index contributed by atoms with van der Waals surface area (Å²) in [6.07, 6.45) is 8.85. The van der Waals surface area contributed by atoms with E-state index in [0.717, 1.165) is 0 Å². The second-order valence-electron chi connectivity index (χ2n) is 2.27. The molecule has 0 atom stereocenters. The maximum atomic E-state index is 10.8. The molecule has 0 aromatic carbocycles. The number of alkyl carbamates (subject to hydrolysis) is 1. The summed E-state index contributed by atoms with van der Waals surface area (Å²) in [7, 11) is 0. The molecule has 1 rings (SSSR count). The van der Waals surface area contributed by atoms with Gasteiger partial charge in [0.25, 0.3) is 0 Å². The number of rotatable bonds is 3. The first-order valence-corrected chi connectivity index (χ1v) is 3.90. The number of carbonyl (C=O) groups is 1. The molecule has 4 nitrogen and oxygen atoms in total. The summed E-state index contributed by atoms with van der Waals surface area (Å²) in [5.74, 6) is 2.82. The van der Waals surface area contributed by atoms with Crippen LogP contribution in [0.3, 0.4) is 0 Å². The van der Waals surface area contributed by atoms with Crippen LogP contribution in [0.4, 0.5) is 4.79 Å². The molecule has 0 radical (unpaired) electrons. The zero-order valence-corrected chi connectivity index (χ0v) is 7.40. The lowest BCUT2D eigenvalue weighted by Crippen LogP contribution is -2.18. The van der Waals surface area contributed by atoms with Gasteiger partial charge in [-0.2, -0.15) is 0 Å². The van der Waals surface area contributed by atoms with Crippen molar-refractivity contribution in [3.63, 3.8) is 0 Å². The first-order valence-electron chi connectivity index (χ1n) is 3.90. The Hall–Kier alpha value is -2.15. The molecule has 0 aliphatic carbocycles. The van der Waals surface area contributed by atoms with E-state index in [2.05, 4.69) is 16.0 Å². The summed E-state index contributed by atoms with van der Waals surface area (Å²) >= 11 is 0. The van der Waals surface area contributed by atoms with Crippen LogP contribution in [0.5, 0.6) is 0 Å². The molecule has 1 aromatic heterocycles. The highest BCUT2D eigenvalue weighted by Crippen LogP contribution is 2.00. The molecule has 0 bridgehead atoms. The van der Waals surface area contributed by atoms with E-state index in [1.54, 1.807) is 18.2 Å². The van der Waals surface area contributed by atoms with Crippen LogP contribution in [0.2, 0.25) is 0 Å². The normalized spacial score (nSPS) is 9.64. The van der Waals surface area contributed by atoms with Gasteiger partial charge in [0.2, 0.25) is 0 Å². The highest BCUT2D eigenvalue weighted by molar-refractivity contribution is 5.69. The van der Waals surface area contributed by atoms with Crippen LogP contribution < -0.4 is 5.32 Å². The minimum absolute atomic E-state index is 0.0412. The Bertz CT molecular complexity index is 346. The summed E-state index contributed by atoms with van der Waals surface area (Å²) in [6.45, 7) is -0.0412. The standard InChI is InChI=1S/C10H9NO3/c1-2-7-14-10(12)11-6-5-9-4-3-8-13-9/h1,3-6,8H,7H2,(H,11,12)/b6-5+. The lowest BCUT2D eigenvalue weighted by molar-refractivity contribution is 0.164. The smallest absolute Gasteiger partial charge is 0.412 e. The Morgan fingerprint density at radius 2 is 2.64 bits per heavy atom. The van der Waals surface area contributed by atoms with Crippen LogP contribution in [-0.4, -0.2) is 12.7 Å². The Morgan fingerprint density at radius 1 is 1.79 bits per heavy atom. The van der Waals surface area contributed by atoms with Gasteiger partial charge in [-0.25, -0.2) is 4.79 Å². The topological polar surface area (TPSA) is 51.5 Å². The van der Waals surface area contributed by atoms with Gasteiger partial charge in [0.1, 0.15) is 5.76 Å². The minimum Gasteiger partial charge on any atom is -0.465 e. The average Bonchev–Trinajstić information content (AvgIpc) is 2.67. The quantitative estimate of drug-likeness (QED) is 0.738. The molecule has 0 spiro atoms. The van der Waals surface area contributed by atoms with Crippen LogP contribution in [0.1, 0.15) is 5.76 Å². The van der Waals surface area contributed by atoms with Crippen molar-refractivity contribution in [1.82, 2.24) is 5.32 Å². The largest absolute Gasteiger partial charge is 0.465 e. The van der Waals surface area contributed by atoms with E-state index in [-0.39, 0.29) is 6.61 Å². The third kappa shape index (κ3) is 3.50. The summed E-state index contributed by atoms with van der Waals surface area (Å²) in [5, 5.41) is 2.36. The molecule has 0 aliphatic heterocycles. The molecule has 0 aliphatic rings. The van der Waals surface area contributed by atoms with Gasteiger partial charge >= 0.3 is 6.09 Å². The minimum atomic E-state index is -0.592. The molecular formula is C10H9NO3. The van der Waals surface area contributed by atoms with Gasteiger partial charge in [-0.1, -0.05) is 5.92 Å². The van der Waals surface area contributed by atoms with Gasteiger partial charge in [0.05, 0.1) is 6.26 Å². The maximum absolute atomic E-state index is 10.8. The van der Waals surface area contributed by atoms with Crippen LogP contribution in [-0.2, 0) is 4.74 Å². The molecule has 14 heavy (non-hydrogen) atoms. The number of furan rings is 1. The molecule has 0 saturated heterocycles. The van der Waals surface area contributed by atoms with Crippen molar-refractivity contribution in [3.05, 3.63) is 30.4 Å². The number of ether oxygens (including phenoxy) is 1. The number of amides is 1. The van der Waals surface area contributed by atoms with Crippen molar-refractivity contribution in [2.75, 3.05) is 6.61 Å². The summed E-state index contributed by atoms with van der Waals surface area (Å²) in [5.41, 5.74) is 0. The zero-order chi connectivity index (χ0) is 10.2. The van der Waals surface area contributed by atoms with E-state index < -0.39 is 6.09 Å². The molecule has 4 heteroatoms. The molecule has 1 N–H and O–H groups in total. The second kappa shape index (κ2) is 5.49. The molecule has 0 fully saturated rings. The summed E-state index contributed by atoms with van der Waals surface area (Å²) < 4.78 is 9.53. The molecule has 72 valence electrons. The van der Waals surface area contributed by atoms with Gasteiger partial charge in [-0.05, 0) is 18.2 Å². The number of nitrogens with one attached hydrogen (secondary N) is 1. The summed E-state index contributed by atoms with van der Waals surface area (Å²) in [6, 6.07) is 3.50. The zero-order valence-electron chi connectivity index (χ0n) is 7.40. The molecule has 1 heterocycles. The SMILES string of the molecule is C#CCOC(=O)N/C=C/c1ccco1. The van der Waals surface area contributed by atoms with Crippen molar-refractivity contribution in [1.29, 1.82) is 0 Å². The third-order valence-corrected chi connectivity index (χ3v) is 1.28. The Morgan fingerprint density at radius 3 is 3.29 bits per heavy atom. The highest BCUT2D eigenvalue weighted by atomic mass is 16.5. The van der Waals surface area contributed by atoms with Gasteiger partial charge in [-0.3, -0.25) is 5.32 Å². The first kappa shape index (κ1) is 9.93. The molecule has 0 unspecified atom stereocenters. The average molecular weight is 191 g/mol. The lowest BCUT2D eigenvalue weighted by atomic mass is 10.4. The molecular weight excluding hydrogens is 182 g/mol. The maximum Gasteiger partial charge on any atom is 0.412 e. The highest BCUT2D eigenvalue weighted by Gasteiger charge is 1.95. The van der Waals surface area contributed by atoms with E-state index in [1.165, 1.54) is 12.5 Å². The van der Waals surface area contributed by atoms with Crippen LogP contribution in [0, 0.1) is 12.3 Å². The fourth-order valence-corrected chi connectivity index (χ4v) is 0.727. The molecule has 1 amide bonds. The van der Waals surface area contributed by atoms with Crippen molar-refractivity contribution >= 4 is 12.2 Å². The lowest BCUT2D eigenvalue weighted by Gasteiger charge is -1.97. The molecule has 0 saturated carbocycles. The first-order chi connectivity index (χ1) is 6.83. The van der Waals surface area contributed by atoms with Gasteiger partial charge in [-0.15, -0.1) is 6.42 Å².